The van der Waals surface area contributed by atoms with Crippen molar-refractivity contribution in [3.8, 4) is 17.3 Å². The Hall–Kier alpha value is -1.92. The van der Waals surface area contributed by atoms with Crippen molar-refractivity contribution in [3.63, 3.8) is 0 Å². The lowest BCUT2D eigenvalue weighted by atomic mass is 10.1. The van der Waals surface area contributed by atoms with Crippen molar-refractivity contribution in [1.29, 1.82) is 5.26 Å². The third-order valence-corrected chi connectivity index (χ3v) is 2.64. The molecule has 0 spiro atoms. The minimum atomic E-state index is -0.485. The molecule has 0 fully saturated rings. The van der Waals surface area contributed by atoms with Crippen LogP contribution in [0.15, 0.2) is 30.3 Å². The van der Waals surface area contributed by atoms with Gasteiger partial charge in [-0.3, -0.25) is 4.98 Å². The number of nitrogens with zero attached hydrogens (tertiary/aromatic N) is 2. The van der Waals surface area contributed by atoms with Gasteiger partial charge in [0.05, 0.1) is 16.3 Å². The summed E-state index contributed by atoms with van der Waals surface area (Å²) in [6.07, 6.45) is 0. The minimum absolute atomic E-state index is 0.0229. The van der Waals surface area contributed by atoms with Crippen molar-refractivity contribution in [2.75, 3.05) is 0 Å². The third kappa shape index (κ3) is 2.27. The molecule has 0 saturated heterocycles. The molecule has 0 atom stereocenters. The summed E-state index contributed by atoms with van der Waals surface area (Å²) in [6.45, 7) is 1.83. The molecule has 2 aromatic rings. The Bertz CT molecular complexity index is 617. The maximum atomic E-state index is 13.1. The highest BCUT2D eigenvalue weighted by atomic mass is 35.5. The second kappa shape index (κ2) is 4.52. The summed E-state index contributed by atoms with van der Waals surface area (Å²) in [5.74, 6) is -0.485. The van der Waals surface area contributed by atoms with E-state index in [2.05, 4.69) is 11.1 Å². The molecule has 0 unspecified atom stereocenters. The lowest BCUT2D eigenvalue weighted by Gasteiger charge is -2.05. The Morgan fingerprint density at radius 2 is 2.06 bits per heavy atom. The first kappa shape index (κ1) is 11.6. The number of halogens is 2. The van der Waals surface area contributed by atoms with Gasteiger partial charge in [-0.15, -0.1) is 0 Å². The smallest absolute Gasteiger partial charge is 0.141 e. The van der Waals surface area contributed by atoms with Crippen molar-refractivity contribution < 1.29 is 4.39 Å². The van der Waals surface area contributed by atoms with Crippen LogP contribution < -0.4 is 0 Å². The molecule has 2 nitrogen and oxygen atoms in total. The van der Waals surface area contributed by atoms with Crippen LogP contribution >= 0.6 is 11.6 Å². The topological polar surface area (TPSA) is 36.7 Å². The monoisotopic (exact) mass is 246 g/mol. The van der Waals surface area contributed by atoms with E-state index in [0.29, 0.717) is 16.8 Å². The summed E-state index contributed by atoms with van der Waals surface area (Å²) < 4.78 is 13.1. The van der Waals surface area contributed by atoms with Gasteiger partial charge in [-0.1, -0.05) is 11.6 Å². The quantitative estimate of drug-likeness (QED) is 0.769. The summed E-state index contributed by atoms with van der Waals surface area (Å²) in [7, 11) is 0. The molecule has 0 N–H and O–H groups in total. The van der Waals surface area contributed by atoms with Crippen LogP contribution in [0.2, 0.25) is 5.02 Å². The van der Waals surface area contributed by atoms with Gasteiger partial charge in [0.1, 0.15) is 11.9 Å². The first-order valence-corrected chi connectivity index (χ1v) is 5.33. The first-order valence-electron chi connectivity index (χ1n) is 4.95. The minimum Gasteiger partial charge on any atom is -0.252 e. The summed E-state index contributed by atoms with van der Waals surface area (Å²) in [4.78, 5) is 4.28. The molecule has 1 heterocycles. The number of hydrogen-bond acceptors (Lipinski definition) is 2. The largest absolute Gasteiger partial charge is 0.252 e. The zero-order chi connectivity index (χ0) is 12.4. The Morgan fingerprint density at radius 1 is 1.29 bits per heavy atom. The van der Waals surface area contributed by atoms with Gasteiger partial charge in [-0.05, 0) is 37.3 Å². The number of hydrogen-bond donors (Lipinski definition) is 0. The van der Waals surface area contributed by atoms with Crippen LogP contribution in [0.4, 0.5) is 4.39 Å². The molecule has 0 aliphatic carbocycles. The van der Waals surface area contributed by atoms with E-state index in [0.717, 1.165) is 5.69 Å². The number of rotatable bonds is 1. The standard InChI is InChI=1S/C13H8ClFN2/c1-8-2-3-10(7-16)13(17-8)9-4-5-12(15)11(14)6-9/h2-6H,1H3. The molecule has 1 aromatic carbocycles. The lowest BCUT2D eigenvalue weighted by Crippen LogP contribution is -1.92. The predicted octanol–water partition coefficient (Wildman–Crippen LogP) is 3.72. The zero-order valence-corrected chi connectivity index (χ0v) is 9.79. The zero-order valence-electron chi connectivity index (χ0n) is 9.04. The van der Waals surface area contributed by atoms with Crippen molar-refractivity contribution in [2.45, 2.75) is 6.92 Å². The fraction of sp³-hybridized carbons (Fsp3) is 0.0769. The van der Waals surface area contributed by atoms with Gasteiger partial charge in [-0.25, -0.2) is 4.39 Å². The van der Waals surface area contributed by atoms with E-state index in [1.165, 1.54) is 12.1 Å². The van der Waals surface area contributed by atoms with Crippen molar-refractivity contribution in [2.24, 2.45) is 0 Å². The van der Waals surface area contributed by atoms with Gasteiger partial charge in [-0.2, -0.15) is 5.26 Å². The molecule has 0 amide bonds. The average Bonchev–Trinajstić information content (AvgIpc) is 2.32. The Morgan fingerprint density at radius 3 is 2.71 bits per heavy atom. The van der Waals surface area contributed by atoms with E-state index in [-0.39, 0.29) is 5.02 Å². The summed E-state index contributed by atoms with van der Waals surface area (Å²) >= 11 is 5.71. The van der Waals surface area contributed by atoms with Crippen molar-refractivity contribution in [3.05, 3.63) is 52.4 Å². The van der Waals surface area contributed by atoms with Crippen LogP contribution in [-0.2, 0) is 0 Å². The van der Waals surface area contributed by atoms with E-state index in [1.807, 2.05) is 6.92 Å². The number of aryl methyl sites for hydroxylation is 1. The van der Waals surface area contributed by atoms with Crippen LogP contribution in [0.3, 0.4) is 0 Å². The Labute approximate surface area is 103 Å². The number of benzene rings is 1. The second-order valence-corrected chi connectivity index (χ2v) is 4.00. The third-order valence-electron chi connectivity index (χ3n) is 2.35. The van der Waals surface area contributed by atoms with Crippen molar-refractivity contribution in [1.82, 2.24) is 4.98 Å². The molecule has 1 aromatic heterocycles. The van der Waals surface area contributed by atoms with Crippen LogP contribution in [0.1, 0.15) is 11.3 Å². The number of pyridine rings is 1. The molecule has 17 heavy (non-hydrogen) atoms. The molecule has 0 saturated carbocycles. The molecule has 4 heteroatoms. The highest BCUT2D eigenvalue weighted by Gasteiger charge is 2.09. The van der Waals surface area contributed by atoms with Gasteiger partial charge in [0.15, 0.2) is 0 Å². The molecule has 0 aliphatic heterocycles. The maximum absolute atomic E-state index is 13.1. The van der Waals surface area contributed by atoms with E-state index in [1.54, 1.807) is 18.2 Å². The molecular formula is C13H8ClFN2. The highest BCUT2D eigenvalue weighted by Crippen LogP contribution is 2.26. The molecule has 0 aliphatic rings. The van der Waals surface area contributed by atoms with E-state index >= 15 is 0 Å². The highest BCUT2D eigenvalue weighted by molar-refractivity contribution is 6.31. The molecule has 2 rings (SSSR count). The van der Waals surface area contributed by atoms with Crippen LogP contribution in [0, 0.1) is 24.1 Å². The SMILES string of the molecule is Cc1ccc(C#N)c(-c2ccc(F)c(Cl)c2)n1. The van der Waals surface area contributed by atoms with Crippen LogP contribution in [0.25, 0.3) is 11.3 Å². The summed E-state index contributed by atoms with van der Waals surface area (Å²) in [5.41, 5.74) is 2.39. The van der Waals surface area contributed by atoms with E-state index in [4.69, 9.17) is 16.9 Å². The fourth-order valence-electron chi connectivity index (χ4n) is 1.51. The van der Waals surface area contributed by atoms with Crippen molar-refractivity contribution >= 4 is 11.6 Å². The van der Waals surface area contributed by atoms with E-state index in [9.17, 15) is 4.39 Å². The summed E-state index contributed by atoms with van der Waals surface area (Å²) in [6, 6.07) is 9.80. The van der Waals surface area contributed by atoms with Gasteiger partial charge >= 0.3 is 0 Å². The average molecular weight is 247 g/mol. The molecular weight excluding hydrogens is 239 g/mol. The Balaban J connectivity index is 2.63. The van der Waals surface area contributed by atoms with Gasteiger partial charge < -0.3 is 0 Å². The van der Waals surface area contributed by atoms with Gasteiger partial charge in [0.25, 0.3) is 0 Å². The Kier molecular flexibility index (Phi) is 3.08. The second-order valence-electron chi connectivity index (χ2n) is 3.59. The van der Waals surface area contributed by atoms with Crippen LogP contribution in [0.5, 0.6) is 0 Å². The predicted molar refractivity (Wildman–Crippen MR) is 64.1 cm³/mol. The van der Waals surface area contributed by atoms with E-state index < -0.39 is 5.82 Å². The summed E-state index contributed by atoms with van der Waals surface area (Å²) in [5, 5.41) is 9.02. The molecule has 84 valence electrons. The van der Waals surface area contributed by atoms with Gasteiger partial charge in [0, 0.05) is 11.3 Å². The lowest BCUT2D eigenvalue weighted by molar-refractivity contribution is 0.628. The maximum Gasteiger partial charge on any atom is 0.141 e. The molecule has 0 radical (unpaired) electrons. The number of nitriles is 1. The van der Waals surface area contributed by atoms with Gasteiger partial charge in [0.2, 0.25) is 0 Å². The number of aromatic nitrogens is 1. The molecule has 0 bridgehead atoms. The first-order chi connectivity index (χ1) is 8.11. The van der Waals surface area contributed by atoms with Crippen LogP contribution in [-0.4, -0.2) is 4.98 Å². The normalized spacial score (nSPS) is 10.0. The fourth-order valence-corrected chi connectivity index (χ4v) is 1.69.